The fraction of sp³-hybridized carbons (Fsp3) is 0.318. The quantitative estimate of drug-likeness (QED) is 0.590. The molecule has 0 spiro atoms. The van der Waals surface area contributed by atoms with Crippen molar-refractivity contribution in [2.45, 2.75) is 39.9 Å². The fourth-order valence-electron chi connectivity index (χ4n) is 3.02. The summed E-state index contributed by atoms with van der Waals surface area (Å²) in [5.74, 6) is 1.30. The van der Waals surface area contributed by atoms with Gasteiger partial charge in [0.05, 0.1) is 19.4 Å². The molecule has 0 atom stereocenters. The molecule has 4 nitrogen and oxygen atoms in total. The van der Waals surface area contributed by atoms with Crippen LogP contribution in [0.25, 0.3) is 0 Å². The Morgan fingerprint density at radius 2 is 1.85 bits per heavy atom. The molecule has 1 aromatic carbocycles. The van der Waals surface area contributed by atoms with E-state index in [9.17, 15) is 4.79 Å². The van der Waals surface area contributed by atoms with E-state index in [0.717, 1.165) is 18.0 Å². The van der Waals surface area contributed by atoms with E-state index in [-0.39, 0.29) is 5.91 Å². The van der Waals surface area contributed by atoms with Crippen LogP contribution in [0, 0.1) is 5.92 Å². The lowest BCUT2D eigenvalue weighted by molar-refractivity contribution is -0.133. The van der Waals surface area contributed by atoms with Gasteiger partial charge >= 0.3 is 0 Å². The number of carbonyl (C=O) groups excluding carboxylic acids is 1. The molecule has 0 fully saturated rings. The van der Waals surface area contributed by atoms with E-state index in [0.29, 0.717) is 25.4 Å². The minimum absolute atomic E-state index is 0.156. The molecule has 26 heavy (non-hydrogen) atoms. The van der Waals surface area contributed by atoms with E-state index in [1.54, 1.807) is 6.26 Å². The molecule has 0 aliphatic carbocycles. The van der Waals surface area contributed by atoms with E-state index < -0.39 is 0 Å². The van der Waals surface area contributed by atoms with Gasteiger partial charge in [0.25, 0.3) is 0 Å². The zero-order valence-corrected chi connectivity index (χ0v) is 15.5. The minimum Gasteiger partial charge on any atom is -0.467 e. The highest BCUT2D eigenvalue weighted by molar-refractivity contribution is 5.76. The summed E-state index contributed by atoms with van der Waals surface area (Å²) in [5, 5.41) is 0. The maximum Gasteiger partial charge on any atom is 0.223 e. The highest BCUT2D eigenvalue weighted by Gasteiger charge is 2.18. The highest BCUT2D eigenvalue weighted by Crippen LogP contribution is 2.16. The van der Waals surface area contributed by atoms with Crippen molar-refractivity contribution in [1.82, 2.24) is 9.47 Å². The van der Waals surface area contributed by atoms with Crippen molar-refractivity contribution in [3.05, 3.63) is 84.1 Å². The van der Waals surface area contributed by atoms with Gasteiger partial charge in [-0.1, -0.05) is 44.2 Å². The Balaban J connectivity index is 1.76. The molecule has 0 radical (unpaired) electrons. The molecule has 0 unspecified atom stereocenters. The van der Waals surface area contributed by atoms with Crippen molar-refractivity contribution in [3.8, 4) is 0 Å². The first-order valence-electron chi connectivity index (χ1n) is 9.10. The van der Waals surface area contributed by atoms with Gasteiger partial charge in [0.15, 0.2) is 0 Å². The lowest BCUT2D eigenvalue weighted by atomic mass is 10.1. The fourth-order valence-corrected chi connectivity index (χ4v) is 3.02. The summed E-state index contributed by atoms with van der Waals surface area (Å²) in [4.78, 5) is 14.6. The molecular formula is C22H26N2O2. The van der Waals surface area contributed by atoms with E-state index in [2.05, 4.69) is 42.8 Å². The summed E-state index contributed by atoms with van der Waals surface area (Å²) in [5.41, 5.74) is 2.37. The molecule has 0 saturated carbocycles. The predicted molar refractivity (Wildman–Crippen MR) is 102 cm³/mol. The molecule has 3 rings (SSSR count). The molecule has 1 amide bonds. The Morgan fingerprint density at radius 3 is 2.54 bits per heavy atom. The van der Waals surface area contributed by atoms with Crippen molar-refractivity contribution < 1.29 is 9.21 Å². The summed E-state index contributed by atoms with van der Waals surface area (Å²) in [7, 11) is 0. The summed E-state index contributed by atoms with van der Waals surface area (Å²) in [6.45, 7) is 6.01. The normalized spacial score (nSPS) is 11.0. The van der Waals surface area contributed by atoms with Gasteiger partial charge in [-0.2, -0.15) is 0 Å². The summed E-state index contributed by atoms with van der Waals surface area (Å²) >= 11 is 0. The van der Waals surface area contributed by atoms with Crippen LogP contribution in [0.15, 0.2) is 71.5 Å². The maximum atomic E-state index is 12.8. The average Bonchev–Trinajstić information content (AvgIpc) is 3.27. The van der Waals surface area contributed by atoms with E-state index in [4.69, 9.17) is 4.42 Å². The Bertz CT molecular complexity index is 804. The zero-order chi connectivity index (χ0) is 18.4. The monoisotopic (exact) mass is 350 g/mol. The molecule has 3 aromatic rings. The van der Waals surface area contributed by atoms with Crippen molar-refractivity contribution >= 4 is 5.91 Å². The lowest BCUT2D eigenvalue weighted by Crippen LogP contribution is -2.31. The van der Waals surface area contributed by atoms with E-state index in [1.165, 1.54) is 5.56 Å². The highest BCUT2D eigenvalue weighted by atomic mass is 16.3. The zero-order valence-electron chi connectivity index (χ0n) is 15.5. The molecule has 0 saturated heterocycles. The number of benzene rings is 1. The Morgan fingerprint density at radius 1 is 1.04 bits per heavy atom. The third-order valence-corrected chi connectivity index (χ3v) is 4.33. The molecule has 2 heterocycles. The standard InChI is InChI=1S/C22H26N2O2/c1-18(2)14-22(25)24(17-21-11-7-13-26-21)16-20-10-6-12-23(20)15-19-8-4-3-5-9-19/h3-13,18H,14-17H2,1-2H3. The number of carbonyl (C=O) groups is 1. The van der Waals surface area contributed by atoms with E-state index in [1.807, 2.05) is 41.3 Å². The molecule has 0 aliphatic rings. The third kappa shape index (κ3) is 4.88. The summed E-state index contributed by atoms with van der Waals surface area (Å²) < 4.78 is 7.67. The van der Waals surface area contributed by atoms with Gasteiger partial charge in [-0.15, -0.1) is 0 Å². The van der Waals surface area contributed by atoms with Crippen LogP contribution in [0.3, 0.4) is 0 Å². The van der Waals surface area contributed by atoms with Crippen LogP contribution in [0.1, 0.15) is 37.3 Å². The second-order valence-corrected chi connectivity index (χ2v) is 7.04. The number of rotatable bonds is 8. The molecule has 2 aromatic heterocycles. The van der Waals surface area contributed by atoms with Gasteiger partial charge in [0.1, 0.15) is 5.76 Å². The van der Waals surface area contributed by atoms with Crippen LogP contribution >= 0.6 is 0 Å². The van der Waals surface area contributed by atoms with Crippen LogP contribution in [0.5, 0.6) is 0 Å². The number of aromatic nitrogens is 1. The third-order valence-electron chi connectivity index (χ3n) is 4.33. The molecular weight excluding hydrogens is 324 g/mol. The predicted octanol–water partition coefficient (Wildman–Crippen LogP) is 4.70. The molecule has 0 aliphatic heterocycles. The van der Waals surface area contributed by atoms with Crippen LogP contribution in [0.2, 0.25) is 0 Å². The van der Waals surface area contributed by atoms with Gasteiger partial charge in [-0.3, -0.25) is 4.79 Å². The number of nitrogens with zero attached hydrogens (tertiary/aromatic N) is 2. The lowest BCUT2D eigenvalue weighted by Gasteiger charge is -2.23. The van der Waals surface area contributed by atoms with Crippen molar-refractivity contribution in [1.29, 1.82) is 0 Å². The van der Waals surface area contributed by atoms with Gasteiger partial charge < -0.3 is 13.9 Å². The van der Waals surface area contributed by atoms with Crippen LogP contribution in [0.4, 0.5) is 0 Å². The summed E-state index contributed by atoms with van der Waals surface area (Å²) in [6, 6.07) is 18.3. The SMILES string of the molecule is CC(C)CC(=O)N(Cc1ccco1)Cc1cccn1Cc1ccccc1. The Hall–Kier alpha value is -2.75. The van der Waals surface area contributed by atoms with Gasteiger partial charge in [0, 0.05) is 24.9 Å². The van der Waals surface area contributed by atoms with Gasteiger partial charge in [-0.25, -0.2) is 0 Å². The topological polar surface area (TPSA) is 38.4 Å². The largest absolute Gasteiger partial charge is 0.467 e. The maximum absolute atomic E-state index is 12.8. The number of furan rings is 1. The van der Waals surface area contributed by atoms with Crippen molar-refractivity contribution in [3.63, 3.8) is 0 Å². The first-order valence-corrected chi connectivity index (χ1v) is 9.10. The molecule has 136 valence electrons. The molecule has 0 N–H and O–H groups in total. The van der Waals surface area contributed by atoms with Gasteiger partial charge in [-0.05, 0) is 35.7 Å². The number of hydrogen-bond donors (Lipinski definition) is 0. The van der Waals surface area contributed by atoms with Crippen LogP contribution in [-0.2, 0) is 24.4 Å². The number of hydrogen-bond acceptors (Lipinski definition) is 2. The first kappa shape index (κ1) is 18.1. The van der Waals surface area contributed by atoms with Crippen molar-refractivity contribution in [2.24, 2.45) is 5.92 Å². The van der Waals surface area contributed by atoms with Gasteiger partial charge in [0.2, 0.25) is 5.91 Å². The summed E-state index contributed by atoms with van der Waals surface area (Å²) in [6.07, 6.45) is 4.26. The first-order chi connectivity index (χ1) is 12.6. The molecule has 4 heteroatoms. The molecule has 0 bridgehead atoms. The average molecular weight is 350 g/mol. The number of amides is 1. The second-order valence-electron chi connectivity index (χ2n) is 7.04. The smallest absolute Gasteiger partial charge is 0.223 e. The Labute approximate surface area is 155 Å². The second kappa shape index (κ2) is 8.56. The van der Waals surface area contributed by atoms with Crippen molar-refractivity contribution in [2.75, 3.05) is 0 Å². The minimum atomic E-state index is 0.156. The van der Waals surface area contributed by atoms with Crippen LogP contribution in [-0.4, -0.2) is 15.4 Å². The Kier molecular flexibility index (Phi) is 5.95. The van der Waals surface area contributed by atoms with Crippen LogP contribution < -0.4 is 0 Å². The van der Waals surface area contributed by atoms with E-state index >= 15 is 0 Å².